The number of methoxy groups -OCH3 is 2. The van der Waals surface area contributed by atoms with Crippen molar-refractivity contribution >= 4 is 0 Å². The Morgan fingerprint density at radius 2 is 0.714 bits per heavy atom. The lowest BCUT2D eigenvalue weighted by molar-refractivity contribution is -0.339. The number of ether oxygens (including phenoxy) is 2. The molecule has 1 aliphatic rings. The third-order valence-electron chi connectivity index (χ3n) is 11.8. The van der Waals surface area contributed by atoms with Crippen LogP contribution in [0.1, 0.15) is 138 Å². The van der Waals surface area contributed by atoms with E-state index in [2.05, 4.69) is 165 Å². The molecule has 5 aromatic rings. The first-order chi connectivity index (χ1) is 29.6. The molecule has 0 saturated carbocycles. The van der Waals surface area contributed by atoms with E-state index in [1.807, 2.05) is 48.5 Å². The lowest BCUT2D eigenvalue weighted by Gasteiger charge is -2.42. The zero-order chi connectivity index (χ0) is 45.9. The summed E-state index contributed by atoms with van der Waals surface area (Å²) >= 11 is 0. The largest absolute Gasteiger partial charge is 0.369 e. The van der Waals surface area contributed by atoms with Crippen molar-refractivity contribution in [1.82, 2.24) is 0 Å². The summed E-state index contributed by atoms with van der Waals surface area (Å²) in [5, 5.41) is 25.6. The highest BCUT2D eigenvalue weighted by atomic mass is 16.7. The van der Waals surface area contributed by atoms with Crippen molar-refractivity contribution in [3.8, 4) is 47.4 Å². The van der Waals surface area contributed by atoms with Gasteiger partial charge in [0, 0.05) is 58.7 Å². The topological polar surface area (TPSA) is 58.9 Å². The van der Waals surface area contributed by atoms with Crippen molar-refractivity contribution in [2.75, 3.05) is 14.2 Å². The molecular formula is C59H62O4. The van der Waals surface area contributed by atoms with Crippen molar-refractivity contribution in [2.24, 2.45) is 10.8 Å². The maximum atomic E-state index is 12.8. The van der Waals surface area contributed by atoms with Crippen LogP contribution in [0.3, 0.4) is 0 Å². The quantitative estimate of drug-likeness (QED) is 0.132. The maximum absolute atomic E-state index is 12.8. The second kappa shape index (κ2) is 17.7. The molecular weight excluding hydrogens is 773 g/mol. The van der Waals surface area contributed by atoms with Gasteiger partial charge in [0.1, 0.15) is 0 Å². The zero-order valence-corrected chi connectivity index (χ0v) is 39.2. The van der Waals surface area contributed by atoms with Gasteiger partial charge >= 0.3 is 0 Å². The molecule has 63 heavy (non-hydrogen) atoms. The maximum Gasteiger partial charge on any atom is 0.259 e. The van der Waals surface area contributed by atoms with Gasteiger partial charge in [0.15, 0.2) is 0 Å². The van der Waals surface area contributed by atoms with E-state index in [1.54, 1.807) is 24.3 Å². The second-order valence-electron chi connectivity index (χ2n) is 20.5. The summed E-state index contributed by atoms with van der Waals surface area (Å²) in [6, 6.07) is 38.9. The molecule has 4 nitrogen and oxygen atoms in total. The number of fused-ring (bicyclic) bond motifs is 1. The summed E-state index contributed by atoms with van der Waals surface area (Å²) in [4.78, 5) is 0. The third kappa shape index (κ3) is 9.88. The number of hydrogen-bond acceptors (Lipinski definition) is 4. The Hall–Kier alpha value is -5.82. The Labute approximate surface area is 377 Å². The Balaban J connectivity index is 1.34. The van der Waals surface area contributed by atoms with E-state index in [-0.39, 0.29) is 21.7 Å². The Kier molecular flexibility index (Phi) is 13.1. The first-order valence-electron chi connectivity index (χ1n) is 21.7. The number of rotatable bonds is 6. The fraction of sp³-hybridized carbons (Fsp3) is 0.356. The Bertz CT molecular complexity index is 2520. The van der Waals surface area contributed by atoms with Gasteiger partial charge in [-0.3, -0.25) is 0 Å². The van der Waals surface area contributed by atoms with E-state index in [0.29, 0.717) is 33.4 Å². The molecule has 0 amide bonds. The highest BCUT2D eigenvalue weighted by molar-refractivity contribution is 5.61. The third-order valence-corrected chi connectivity index (χ3v) is 11.8. The molecule has 0 unspecified atom stereocenters. The molecule has 2 N–H and O–H groups in total. The minimum Gasteiger partial charge on any atom is -0.369 e. The summed E-state index contributed by atoms with van der Waals surface area (Å²) in [5.74, 6) is 23.6. The Morgan fingerprint density at radius 3 is 1.02 bits per heavy atom. The first kappa shape index (κ1) is 46.7. The van der Waals surface area contributed by atoms with Crippen LogP contribution in [0.5, 0.6) is 0 Å². The molecule has 2 atom stereocenters. The highest BCUT2D eigenvalue weighted by Crippen LogP contribution is 2.56. The average molecular weight is 835 g/mol. The summed E-state index contributed by atoms with van der Waals surface area (Å²) in [5.41, 5.74) is 3.65. The molecule has 0 aromatic heterocycles. The van der Waals surface area contributed by atoms with Gasteiger partial charge in [-0.2, -0.15) is 0 Å². The fourth-order valence-corrected chi connectivity index (χ4v) is 9.57. The van der Waals surface area contributed by atoms with Crippen LogP contribution in [0.25, 0.3) is 0 Å². The monoisotopic (exact) mass is 834 g/mol. The molecule has 0 heterocycles. The molecule has 4 heteroatoms. The van der Waals surface area contributed by atoms with Gasteiger partial charge in [-0.05, 0) is 94.2 Å². The van der Waals surface area contributed by atoms with Crippen LogP contribution in [0.2, 0.25) is 0 Å². The van der Waals surface area contributed by atoms with Crippen molar-refractivity contribution in [3.63, 3.8) is 0 Å². The van der Waals surface area contributed by atoms with Crippen LogP contribution in [-0.2, 0) is 31.5 Å². The summed E-state index contributed by atoms with van der Waals surface area (Å²) in [6.45, 7) is 22.8. The normalized spacial score (nSPS) is 18.0. The molecule has 322 valence electrons. The second-order valence-corrected chi connectivity index (χ2v) is 20.5. The lowest BCUT2D eigenvalue weighted by atomic mass is 9.72. The molecule has 0 fully saturated rings. The number of aliphatic hydroxyl groups is 2. The zero-order valence-electron chi connectivity index (χ0n) is 39.2. The van der Waals surface area contributed by atoms with Crippen molar-refractivity contribution in [3.05, 3.63) is 177 Å². The highest BCUT2D eigenvalue weighted by Gasteiger charge is 2.72. The standard InChI is InChI=1S/C59H62O4/c1-53(2,3)41-55(7,8)49-33-27-43(28-34-49)25-31-45-19-13-15-21-47(45)37-39-57(60)51-23-17-18-24-52(51)58(61,59(57,62-11)63-12)40-38-48-22-16-14-20-46(48)32-26-44-29-35-50(36-30-44)56(9,10)42-54(4,5)6/h13-24,27-30,33-36,60-61H,41-42H2,1-12H3/t57-,58+. The van der Waals surface area contributed by atoms with Gasteiger partial charge in [-0.15, -0.1) is 0 Å². The summed E-state index contributed by atoms with van der Waals surface area (Å²) in [6.07, 6.45) is 2.11. The number of hydrogen-bond donors (Lipinski definition) is 2. The summed E-state index contributed by atoms with van der Waals surface area (Å²) in [7, 11) is 2.75. The Morgan fingerprint density at radius 1 is 0.413 bits per heavy atom. The summed E-state index contributed by atoms with van der Waals surface area (Å²) < 4.78 is 12.1. The molecule has 0 spiro atoms. The smallest absolute Gasteiger partial charge is 0.259 e. The van der Waals surface area contributed by atoms with E-state index in [9.17, 15) is 10.2 Å². The molecule has 5 aromatic carbocycles. The average Bonchev–Trinajstić information content (AvgIpc) is 3.39. The SMILES string of the molecule is COC1(OC)[C@@](O)(C#Cc2ccccc2C#Cc2ccc(C(C)(C)CC(C)(C)C)cc2)c2ccccc2[C@@]1(O)C#Cc1ccccc1C#Cc1ccc(C(C)(C)CC(C)(C)C)cc1. The van der Waals surface area contributed by atoms with Crippen molar-refractivity contribution < 1.29 is 19.7 Å². The van der Waals surface area contributed by atoms with Gasteiger partial charge in [-0.25, -0.2) is 0 Å². The van der Waals surface area contributed by atoms with Gasteiger partial charge in [0.2, 0.25) is 11.2 Å². The lowest BCUT2D eigenvalue weighted by Crippen LogP contribution is -2.61. The van der Waals surface area contributed by atoms with Gasteiger partial charge in [0.25, 0.3) is 5.79 Å². The molecule has 0 saturated heterocycles. The first-order valence-corrected chi connectivity index (χ1v) is 21.7. The van der Waals surface area contributed by atoms with Gasteiger partial charge in [0.05, 0.1) is 0 Å². The molecule has 0 aliphatic heterocycles. The van der Waals surface area contributed by atoms with E-state index in [4.69, 9.17) is 9.47 Å². The fourth-order valence-electron chi connectivity index (χ4n) is 9.57. The van der Waals surface area contributed by atoms with Crippen LogP contribution in [0.4, 0.5) is 0 Å². The molecule has 0 radical (unpaired) electrons. The predicted octanol–water partition coefficient (Wildman–Crippen LogP) is 11.4. The van der Waals surface area contributed by atoms with E-state index in [1.165, 1.54) is 25.3 Å². The van der Waals surface area contributed by atoms with Crippen molar-refractivity contribution in [2.45, 2.75) is 110 Å². The number of benzene rings is 5. The van der Waals surface area contributed by atoms with Crippen molar-refractivity contribution in [1.29, 1.82) is 0 Å². The van der Waals surface area contributed by atoms with Gasteiger partial charge in [-0.1, -0.05) is 189 Å². The van der Waals surface area contributed by atoms with Crippen LogP contribution >= 0.6 is 0 Å². The minimum absolute atomic E-state index is 0.0274. The molecule has 6 rings (SSSR count). The van der Waals surface area contributed by atoms with E-state index in [0.717, 1.165) is 24.0 Å². The molecule has 1 aliphatic carbocycles. The predicted molar refractivity (Wildman–Crippen MR) is 257 cm³/mol. The van der Waals surface area contributed by atoms with Crippen LogP contribution < -0.4 is 0 Å². The minimum atomic E-state index is -2.17. The van der Waals surface area contributed by atoms with Crippen LogP contribution in [-0.4, -0.2) is 30.2 Å². The van der Waals surface area contributed by atoms with E-state index < -0.39 is 17.0 Å². The van der Waals surface area contributed by atoms with Crippen LogP contribution in [0, 0.1) is 58.2 Å². The van der Waals surface area contributed by atoms with Crippen LogP contribution in [0.15, 0.2) is 121 Å². The van der Waals surface area contributed by atoms with E-state index >= 15 is 0 Å². The molecule has 0 bridgehead atoms. The van der Waals surface area contributed by atoms with Gasteiger partial charge < -0.3 is 19.7 Å².